The second-order valence-electron chi connectivity index (χ2n) is 8.64. The van der Waals surface area contributed by atoms with E-state index in [-0.39, 0.29) is 5.91 Å². The van der Waals surface area contributed by atoms with Gasteiger partial charge in [-0.3, -0.25) is 4.79 Å². The summed E-state index contributed by atoms with van der Waals surface area (Å²) in [5, 5.41) is 6.45. The Hall–Kier alpha value is -2.08. The van der Waals surface area contributed by atoms with Gasteiger partial charge in [0.25, 0.3) is 5.91 Å². The summed E-state index contributed by atoms with van der Waals surface area (Å²) in [5.41, 5.74) is 1.77. The van der Waals surface area contributed by atoms with E-state index in [1.807, 2.05) is 38.4 Å². The Balaban J connectivity index is 1.61. The third kappa shape index (κ3) is 6.20. The van der Waals surface area contributed by atoms with E-state index >= 15 is 0 Å². The van der Waals surface area contributed by atoms with E-state index in [1.54, 1.807) is 0 Å². The molecule has 1 saturated carbocycles. The molecule has 1 saturated heterocycles. The van der Waals surface area contributed by atoms with E-state index < -0.39 is 0 Å². The van der Waals surface area contributed by atoms with Gasteiger partial charge in [0.15, 0.2) is 5.96 Å². The topological polar surface area (TPSA) is 60.0 Å². The third-order valence-corrected chi connectivity index (χ3v) is 6.06. The van der Waals surface area contributed by atoms with Crippen LogP contribution in [0.1, 0.15) is 48.5 Å². The lowest BCUT2D eigenvalue weighted by atomic mass is 9.82. The molecule has 160 valence electrons. The minimum atomic E-state index is -0.0202. The number of nitrogens with zero attached hydrogens (tertiary/aromatic N) is 3. The number of amides is 1. The molecule has 1 aliphatic heterocycles. The predicted octanol–water partition coefficient (Wildman–Crippen LogP) is 2.57. The molecule has 2 aliphatic rings. The molecule has 6 heteroatoms. The van der Waals surface area contributed by atoms with Crippen LogP contribution in [0.15, 0.2) is 29.3 Å². The maximum atomic E-state index is 12.4. The van der Waals surface area contributed by atoms with Gasteiger partial charge in [0, 0.05) is 38.3 Å². The second-order valence-corrected chi connectivity index (χ2v) is 8.64. The molecule has 1 heterocycles. The molecule has 6 nitrogen and oxygen atoms in total. The van der Waals surface area contributed by atoms with Crippen molar-refractivity contribution in [3.63, 3.8) is 0 Å². The highest BCUT2D eigenvalue weighted by molar-refractivity contribution is 5.94. The number of benzene rings is 1. The number of rotatable bonds is 7. The van der Waals surface area contributed by atoms with Crippen LogP contribution < -0.4 is 10.6 Å². The first-order valence-electron chi connectivity index (χ1n) is 11.1. The van der Waals surface area contributed by atoms with Gasteiger partial charge in [-0.05, 0) is 63.4 Å². The number of hydrogen-bond acceptors (Lipinski definition) is 3. The van der Waals surface area contributed by atoms with Gasteiger partial charge in [0.05, 0.1) is 6.54 Å². The quantitative estimate of drug-likeness (QED) is 0.547. The largest absolute Gasteiger partial charge is 0.357 e. The third-order valence-electron chi connectivity index (χ3n) is 6.06. The van der Waals surface area contributed by atoms with Gasteiger partial charge in [0.2, 0.25) is 0 Å². The van der Waals surface area contributed by atoms with E-state index in [4.69, 9.17) is 4.99 Å². The lowest BCUT2D eigenvalue weighted by Gasteiger charge is -2.22. The maximum Gasteiger partial charge on any atom is 0.251 e. The summed E-state index contributed by atoms with van der Waals surface area (Å²) in [4.78, 5) is 21.8. The SMILES string of the molecule is CCNC(=NCc1cccc(C(=O)NCCN(C)C)c1)N1CC2CCCCC2C1. The second kappa shape index (κ2) is 10.6. The number of fused-ring (bicyclic) bond motifs is 1. The minimum absolute atomic E-state index is 0.0202. The number of nitrogens with one attached hydrogen (secondary N) is 2. The van der Waals surface area contributed by atoms with E-state index in [0.29, 0.717) is 18.7 Å². The number of carbonyl (C=O) groups excluding carboxylic acids is 1. The summed E-state index contributed by atoms with van der Waals surface area (Å²) in [6, 6.07) is 7.83. The van der Waals surface area contributed by atoms with Crippen LogP contribution in [0.5, 0.6) is 0 Å². The Labute approximate surface area is 175 Å². The van der Waals surface area contributed by atoms with Crippen molar-refractivity contribution in [1.29, 1.82) is 0 Å². The number of carbonyl (C=O) groups is 1. The molecule has 2 unspecified atom stereocenters. The molecule has 2 fully saturated rings. The zero-order chi connectivity index (χ0) is 20.6. The number of likely N-dealkylation sites (tertiary alicyclic amines) is 1. The molecule has 1 aliphatic carbocycles. The fraction of sp³-hybridized carbons (Fsp3) is 0.652. The molecule has 2 atom stereocenters. The molecule has 3 rings (SSSR count). The number of aliphatic imine (C=N–C) groups is 1. The van der Waals surface area contributed by atoms with Gasteiger partial charge in [-0.2, -0.15) is 0 Å². The fourth-order valence-electron chi connectivity index (χ4n) is 4.48. The first-order valence-corrected chi connectivity index (χ1v) is 11.1. The fourth-order valence-corrected chi connectivity index (χ4v) is 4.48. The van der Waals surface area contributed by atoms with Crippen LogP contribution in [0.25, 0.3) is 0 Å². The molecule has 1 amide bonds. The van der Waals surface area contributed by atoms with Crippen LogP contribution in [0.2, 0.25) is 0 Å². The highest BCUT2D eigenvalue weighted by Gasteiger charge is 2.35. The lowest BCUT2D eigenvalue weighted by Crippen LogP contribution is -2.40. The molecule has 1 aromatic carbocycles. The standard InChI is InChI=1S/C23H37N5O/c1-4-24-23(28-16-20-9-5-6-10-21(20)17-28)26-15-18-8-7-11-19(14-18)22(29)25-12-13-27(2)3/h7-8,11,14,20-21H,4-6,9-10,12-13,15-17H2,1-3H3,(H,24,26)(H,25,29). The molecule has 0 radical (unpaired) electrons. The Morgan fingerprint density at radius 2 is 1.90 bits per heavy atom. The molecule has 29 heavy (non-hydrogen) atoms. The normalized spacial score (nSPS) is 21.9. The Bertz CT molecular complexity index is 688. The highest BCUT2D eigenvalue weighted by Crippen LogP contribution is 2.35. The molecule has 0 bridgehead atoms. The highest BCUT2D eigenvalue weighted by atomic mass is 16.1. The molecular formula is C23H37N5O. The van der Waals surface area contributed by atoms with E-state index in [2.05, 4.69) is 27.4 Å². The average Bonchev–Trinajstić information content (AvgIpc) is 3.15. The molecular weight excluding hydrogens is 362 g/mol. The molecule has 0 aromatic heterocycles. The van der Waals surface area contributed by atoms with Crippen LogP contribution in [-0.4, -0.2) is 68.5 Å². The predicted molar refractivity (Wildman–Crippen MR) is 119 cm³/mol. The van der Waals surface area contributed by atoms with Crippen molar-refractivity contribution < 1.29 is 4.79 Å². The van der Waals surface area contributed by atoms with Gasteiger partial charge < -0.3 is 20.4 Å². The van der Waals surface area contributed by atoms with E-state index in [9.17, 15) is 4.79 Å². The van der Waals surface area contributed by atoms with Gasteiger partial charge in [0.1, 0.15) is 0 Å². The van der Waals surface area contributed by atoms with Crippen LogP contribution in [-0.2, 0) is 6.54 Å². The number of hydrogen-bond donors (Lipinski definition) is 2. The van der Waals surface area contributed by atoms with Crippen molar-refractivity contribution in [2.75, 3.05) is 46.8 Å². The van der Waals surface area contributed by atoms with Crippen LogP contribution in [0.3, 0.4) is 0 Å². The van der Waals surface area contributed by atoms with Crippen molar-refractivity contribution in [2.24, 2.45) is 16.8 Å². The van der Waals surface area contributed by atoms with Crippen molar-refractivity contribution in [3.05, 3.63) is 35.4 Å². The summed E-state index contributed by atoms with van der Waals surface area (Å²) in [5.74, 6) is 2.67. The van der Waals surface area contributed by atoms with Crippen molar-refractivity contribution in [3.8, 4) is 0 Å². The van der Waals surface area contributed by atoms with Crippen LogP contribution in [0, 0.1) is 11.8 Å². The molecule has 0 spiro atoms. The van der Waals surface area contributed by atoms with Crippen LogP contribution in [0.4, 0.5) is 0 Å². The summed E-state index contributed by atoms with van der Waals surface area (Å²) < 4.78 is 0. The number of guanidine groups is 1. The first-order chi connectivity index (χ1) is 14.1. The lowest BCUT2D eigenvalue weighted by molar-refractivity contribution is 0.0951. The number of likely N-dealkylation sites (N-methyl/N-ethyl adjacent to an activating group) is 1. The Kier molecular flexibility index (Phi) is 7.92. The van der Waals surface area contributed by atoms with Crippen molar-refractivity contribution in [2.45, 2.75) is 39.2 Å². The summed E-state index contributed by atoms with van der Waals surface area (Å²) in [7, 11) is 4.00. The first kappa shape index (κ1) is 21.6. The van der Waals surface area contributed by atoms with Crippen molar-refractivity contribution in [1.82, 2.24) is 20.4 Å². The van der Waals surface area contributed by atoms with Gasteiger partial charge in [-0.1, -0.05) is 25.0 Å². The van der Waals surface area contributed by atoms with Gasteiger partial charge in [-0.25, -0.2) is 4.99 Å². The Morgan fingerprint density at radius 1 is 1.17 bits per heavy atom. The monoisotopic (exact) mass is 399 g/mol. The zero-order valence-corrected chi connectivity index (χ0v) is 18.3. The Morgan fingerprint density at radius 3 is 2.55 bits per heavy atom. The minimum Gasteiger partial charge on any atom is -0.357 e. The zero-order valence-electron chi connectivity index (χ0n) is 18.3. The molecule has 1 aromatic rings. The molecule has 2 N–H and O–H groups in total. The van der Waals surface area contributed by atoms with Gasteiger partial charge >= 0.3 is 0 Å². The summed E-state index contributed by atoms with van der Waals surface area (Å²) in [6.07, 6.45) is 5.50. The smallest absolute Gasteiger partial charge is 0.251 e. The van der Waals surface area contributed by atoms with Crippen LogP contribution >= 0.6 is 0 Å². The summed E-state index contributed by atoms with van der Waals surface area (Å²) in [6.45, 7) is 7.33. The summed E-state index contributed by atoms with van der Waals surface area (Å²) >= 11 is 0. The van der Waals surface area contributed by atoms with Crippen molar-refractivity contribution >= 4 is 11.9 Å². The van der Waals surface area contributed by atoms with E-state index in [0.717, 1.165) is 49.5 Å². The van der Waals surface area contributed by atoms with E-state index in [1.165, 1.54) is 25.7 Å². The average molecular weight is 400 g/mol. The van der Waals surface area contributed by atoms with Gasteiger partial charge in [-0.15, -0.1) is 0 Å². The maximum absolute atomic E-state index is 12.4.